The van der Waals surface area contributed by atoms with Crippen LogP contribution in [-0.2, 0) is 6.42 Å². The first-order valence-corrected chi connectivity index (χ1v) is 6.96. The summed E-state index contributed by atoms with van der Waals surface area (Å²) in [5, 5.41) is 4.96. The fourth-order valence-electron chi connectivity index (χ4n) is 1.51. The standard InChI is InChI=1S/C11H10N4S2/c1-2-7-5-12-11(15-7)17-10-8-3-4-16-9(8)13-6-14-10/h3-6H,2H2,1H3,(H,12,15). The molecule has 0 saturated carbocycles. The molecular formula is C11H10N4S2. The van der Waals surface area contributed by atoms with Gasteiger partial charge in [0.1, 0.15) is 16.2 Å². The third-order valence-electron chi connectivity index (χ3n) is 2.40. The summed E-state index contributed by atoms with van der Waals surface area (Å²) in [6.07, 6.45) is 4.43. The Morgan fingerprint density at radius 2 is 2.29 bits per heavy atom. The molecule has 0 spiro atoms. The van der Waals surface area contributed by atoms with E-state index in [-0.39, 0.29) is 0 Å². The van der Waals surface area contributed by atoms with Crippen LogP contribution in [0.15, 0.2) is 34.2 Å². The fraction of sp³-hybridized carbons (Fsp3) is 0.182. The van der Waals surface area contributed by atoms with Crippen LogP contribution in [0.4, 0.5) is 0 Å². The first-order valence-electron chi connectivity index (χ1n) is 5.26. The molecule has 0 fully saturated rings. The molecule has 0 aliphatic heterocycles. The second-order valence-electron chi connectivity index (χ2n) is 3.49. The summed E-state index contributed by atoms with van der Waals surface area (Å²) >= 11 is 3.17. The van der Waals surface area contributed by atoms with Crippen LogP contribution >= 0.6 is 23.1 Å². The Hall–Kier alpha value is -1.40. The molecule has 0 amide bonds. The molecule has 0 bridgehead atoms. The maximum absolute atomic E-state index is 4.32. The molecule has 0 aliphatic carbocycles. The van der Waals surface area contributed by atoms with Crippen LogP contribution < -0.4 is 0 Å². The lowest BCUT2D eigenvalue weighted by molar-refractivity contribution is 0.988. The monoisotopic (exact) mass is 262 g/mol. The average molecular weight is 262 g/mol. The Kier molecular flexibility index (Phi) is 2.82. The summed E-state index contributed by atoms with van der Waals surface area (Å²) in [5.74, 6) is 0. The number of imidazole rings is 1. The van der Waals surface area contributed by atoms with E-state index in [1.165, 1.54) is 0 Å². The number of hydrogen-bond donors (Lipinski definition) is 1. The number of aromatic nitrogens is 4. The van der Waals surface area contributed by atoms with Crippen molar-refractivity contribution in [1.82, 2.24) is 19.9 Å². The number of nitrogens with zero attached hydrogens (tertiary/aromatic N) is 3. The van der Waals surface area contributed by atoms with Crippen LogP contribution in [0.25, 0.3) is 10.2 Å². The second kappa shape index (κ2) is 4.46. The highest BCUT2D eigenvalue weighted by Crippen LogP contribution is 2.31. The normalized spacial score (nSPS) is 11.1. The Bertz CT molecular complexity index is 644. The largest absolute Gasteiger partial charge is 0.337 e. The summed E-state index contributed by atoms with van der Waals surface area (Å²) in [7, 11) is 0. The second-order valence-corrected chi connectivity index (χ2v) is 5.36. The molecule has 17 heavy (non-hydrogen) atoms. The van der Waals surface area contributed by atoms with Crippen molar-refractivity contribution in [1.29, 1.82) is 0 Å². The topological polar surface area (TPSA) is 54.5 Å². The molecule has 3 aromatic heterocycles. The molecule has 86 valence electrons. The fourth-order valence-corrected chi connectivity index (χ4v) is 3.15. The summed E-state index contributed by atoms with van der Waals surface area (Å²) in [4.78, 5) is 17.1. The van der Waals surface area contributed by atoms with Gasteiger partial charge in [0.2, 0.25) is 0 Å². The summed E-state index contributed by atoms with van der Waals surface area (Å²) in [5.41, 5.74) is 1.14. The van der Waals surface area contributed by atoms with Gasteiger partial charge in [-0.05, 0) is 29.6 Å². The van der Waals surface area contributed by atoms with Crippen molar-refractivity contribution in [2.24, 2.45) is 0 Å². The van der Waals surface area contributed by atoms with E-state index in [1.54, 1.807) is 29.4 Å². The van der Waals surface area contributed by atoms with Crippen molar-refractivity contribution >= 4 is 33.3 Å². The van der Waals surface area contributed by atoms with Crippen LogP contribution in [0.3, 0.4) is 0 Å². The first kappa shape index (κ1) is 10.7. The minimum atomic E-state index is 0.882. The molecule has 0 aliphatic rings. The third kappa shape index (κ3) is 2.05. The molecule has 0 unspecified atom stereocenters. The van der Waals surface area contributed by atoms with E-state index in [0.29, 0.717) is 0 Å². The van der Waals surface area contributed by atoms with E-state index in [4.69, 9.17) is 0 Å². The number of H-pyrrole nitrogens is 1. The van der Waals surface area contributed by atoms with Gasteiger partial charge in [-0.25, -0.2) is 15.0 Å². The van der Waals surface area contributed by atoms with E-state index in [1.807, 2.05) is 17.6 Å². The van der Waals surface area contributed by atoms with Gasteiger partial charge in [0.05, 0.1) is 0 Å². The van der Waals surface area contributed by atoms with Gasteiger partial charge in [0.25, 0.3) is 0 Å². The van der Waals surface area contributed by atoms with Crippen molar-refractivity contribution in [2.75, 3.05) is 0 Å². The van der Waals surface area contributed by atoms with Crippen molar-refractivity contribution in [3.05, 3.63) is 29.7 Å². The van der Waals surface area contributed by atoms with Gasteiger partial charge in [0, 0.05) is 17.3 Å². The smallest absolute Gasteiger partial charge is 0.171 e. The van der Waals surface area contributed by atoms with Crippen LogP contribution in [0.2, 0.25) is 0 Å². The van der Waals surface area contributed by atoms with E-state index in [9.17, 15) is 0 Å². The molecule has 3 rings (SSSR count). The van der Waals surface area contributed by atoms with Gasteiger partial charge in [-0.1, -0.05) is 6.92 Å². The van der Waals surface area contributed by atoms with Crippen LogP contribution in [-0.4, -0.2) is 19.9 Å². The zero-order valence-electron chi connectivity index (χ0n) is 9.17. The summed E-state index contributed by atoms with van der Waals surface area (Å²) < 4.78 is 0. The minimum absolute atomic E-state index is 0.882. The van der Waals surface area contributed by atoms with Crippen LogP contribution in [0.1, 0.15) is 12.6 Å². The van der Waals surface area contributed by atoms with Gasteiger partial charge in [-0.3, -0.25) is 0 Å². The van der Waals surface area contributed by atoms with Gasteiger partial charge in [0.15, 0.2) is 5.16 Å². The summed E-state index contributed by atoms with van der Waals surface area (Å²) in [6.45, 7) is 2.10. The molecule has 1 N–H and O–H groups in total. The lowest BCUT2D eigenvalue weighted by Crippen LogP contribution is -1.84. The molecule has 0 saturated heterocycles. The number of aryl methyl sites for hydroxylation is 1. The quantitative estimate of drug-likeness (QED) is 0.737. The molecule has 6 heteroatoms. The number of thiophene rings is 1. The van der Waals surface area contributed by atoms with Crippen molar-refractivity contribution in [3.8, 4) is 0 Å². The Balaban J connectivity index is 1.96. The van der Waals surface area contributed by atoms with Crippen LogP contribution in [0, 0.1) is 0 Å². The highest BCUT2D eigenvalue weighted by Gasteiger charge is 2.08. The van der Waals surface area contributed by atoms with E-state index < -0.39 is 0 Å². The molecule has 4 nitrogen and oxygen atoms in total. The van der Waals surface area contributed by atoms with Gasteiger partial charge in [-0.15, -0.1) is 11.3 Å². The molecule has 3 heterocycles. The van der Waals surface area contributed by atoms with Crippen LogP contribution in [0.5, 0.6) is 0 Å². The highest BCUT2D eigenvalue weighted by atomic mass is 32.2. The predicted molar refractivity (Wildman–Crippen MR) is 69.5 cm³/mol. The van der Waals surface area contributed by atoms with Crippen molar-refractivity contribution in [2.45, 2.75) is 23.5 Å². The predicted octanol–water partition coefficient (Wildman–Crippen LogP) is 3.13. The average Bonchev–Trinajstić information content (AvgIpc) is 2.97. The van der Waals surface area contributed by atoms with E-state index in [2.05, 4.69) is 26.9 Å². The highest BCUT2D eigenvalue weighted by molar-refractivity contribution is 7.99. The molecule has 3 aromatic rings. The van der Waals surface area contributed by atoms with Gasteiger partial charge in [-0.2, -0.15) is 0 Å². The maximum Gasteiger partial charge on any atom is 0.171 e. The number of fused-ring (bicyclic) bond motifs is 1. The lowest BCUT2D eigenvalue weighted by atomic mass is 10.4. The minimum Gasteiger partial charge on any atom is -0.337 e. The Morgan fingerprint density at radius 3 is 3.12 bits per heavy atom. The number of aromatic amines is 1. The number of rotatable bonds is 3. The molecule has 0 atom stereocenters. The zero-order valence-corrected chi connectivity index (χ0v) is 10.8. The number of nitrogens with one attached hydrogen (secondary N) is 1. The van der Waals surface area contributed by atoms with Gasteiger partial charge < -0.3 is 4.98 Å². The maximum atomic E-state index is 4.32. The van der Waals surface area contributed by atoms with Crippen molar-refractivity contribution < 1.29 is 0 Å². The Morgan fingerprint density at radius 1 is 1.35 bits per heavy atom. The van der Waals surface area contributed by atoms with E-state index >= 15 is 0 Å². The molecule has 0 radical (unpaired) electrons. The first-order chi connectivity index (χ1) is 8.36. The lowest BCUT2D eigenvalue weighted by Gasteiger charge is -1.98. The van der Waals surface area contributed by atoms with E-state index in [0.717, 1.165) is 32.5 Å². The molecule has 0 aromatic carbocycles. The van der Waals surface area contributed by atoms with Crippen molar-refractivity contribution in [3.63, 3.8) is 0 Å². The molecular weight excluding hydrogens is 252 g/mol. The number of hydrogen-bond acceptors (Lipinski definition) is 5. The van der Waals surface area contributed by atoms with Gasteiger partial charge >= 0.3 is 0 Å². The summed E-state index contributed by atoms with van der Waals surface area (Å²) in [6, 6.07) is 2.05. The SMILES string of the molecule is CCc1cnc(Sc2ncnc3sccc23)[nH]1. The zero-order chi connectivity index (χ0) is 11.7. The third-order valence-corrected chi connectivity index (χ3v) is 4.14. The Labute approximate surface area is 107 Å².